The molecule has 0 aliphatic carbocycles. The van der Waals surface area contributed by atoms with Gasteiger partial charge in [-0.3, -0.25) is 0 Å². The number of halogens is 2. The maximum Gasteiger partial charge on any atom is 0 e. The molecule has 0 heterocycles. The Hall–Kier alpha value is -0.487. The molecule has 0 saturated carbocycles. The Morgan fingerprint density at radius 3 is 2.00 bits per heavy atom. The van der Waals surface area contributed by atoms with E-state index in [0.29, 0.717) is 5.92 Å². The summed E-state index contributed by atoms with van der Waals surface area (Å²) in [6, 6.07) is 20.3. The SMILES string of the molecule is CC(C)c1cc2c(-c3ccc(C(C)(C)C)cc3)cccc2[cH-]1.Cl.Cl.[Zr]. The van der Waals surface area contributed by atoms with E-state index in [9.17, 15) is 0 Å². The fourth-order valence-corrected chi connectivity index (χ4v) is 2.99. The van der Waals surface area contributed by atoms with Crippen LogP contribution in [-0.2, 0) is 31.6 Å². The number of hydrogen-bond donors (Lipinski definition) is 0. The van der Waals surface area contributed by atoms with Crippen LogP contribution in [0.1, 0.15) is 51.7 Å². The molecule has 0 aromatic heterocycles. The maximum atomic E-state index is 2.35. The van der Waals surface area contributed by atoms with E-state index in [2.05, 4.69) is 89.2 Å². The van der Waals surface area contributed by atoms with Gasteiger partial charge in [-0.25, -0.2) is 0 Å². The van der Waals surface area contributed by atoms with Crippen molar-refractivity contribution >= 4 is 35.6 Å². The van der Waals surface area contributed by atoms with E-state index in [4.69, 9.17) is 0 Å². The molecule has 0 saturated heterocycles. The van der Waals surface area contributed by atoms with Crippen molar-refractivity contribution in [1.29, 1.82) is 0 Å². The van der Waals surface area contributed by atoms with E-state index in [1.54, 1.807) is 0 Å². The summed E-state index contributed by atoms with van der Waals surface area (Å²) in [5, 5.41) is 2.72. The van der Waals surface area contributed by atoms with Crippen LogP contribution in [-0.4, -0.2) is 0 Å². The first-order valence-corrected chi connectivity index (χ1v) is 8.16. The van der Waals surface area contributed by atoms with Gasteiger partial charge in [0, 0.05) is 26.2 Å². The molecule has 0 nitrogen and oxygen atoms in total. The molecule has 3 aromatic rings. The minimum Gasteiger partial charge on any atom is -0.164 e. The molecule has 0 fully saturated rings. The molecule has 0 aliphatic heterocycles. The van der Waals surface area contributed by atoms with E-state index in [-0.39, 0.29) is 56.4 Å². The van der Waals surface area contributed by atoms with Gasteiger partial charge in [0.25, 0.3) is 0 Å². The molecule has 3 aromatic carbocycles. The molecule has 0 radical (unpaired) electrons. The Labute approximate surface area is 183 Å². The molecule has 0 aliphatic rings. The van der Waals surface area contributed by atoms with Gasteiger partial charge in [-0.1, -0.05) is 70.5 Å². The van der Waals surface area contributed by atoms with Crippen molar-refractivity contribution in [2.75, 3.05) is 0 Å². The van der Waals surface area contributed by atoms with Crippen molar-refractivity contribution in [3.63, 3.8) is 0 Å². The van der Waals surface area contributed by atoms with Gasteiger partial charge >= 0.3 is 0 Å². The van der Waals surface area contributed by atoms with Crippen molar-refractivity contribution in [2.24, 2.45) is 0 Å². The van der Waals surface area contributed by atoms with Crippen molar-refractivity contribution in [3.05, 3.63) is 65.7 Å². The van der Waals surface area contributed by atoms with Crippen LogP contribution in [0.5, 0.6) is 0 Å². The Kier molecular flexibility index (Phi) is 9.27. The van der Waals surface area contributed by atoms with Crippen molar-refractivity contribution in [1.82, 2.24) is 0 Å². The van der Waals surface area contributed by atoms with E-state index < -0.39 is 0 Å². The monoisotopic (exact) mass is 451 g/mol. The fraction of sp³-hybridized carbons (Fsp3) is 0.318. The molecule has 0 unspecified atom stereocenters. The molecule has 0 N–H and O–H groups in total. The second kappa shape index (κ2) is 9.45. The fourth-order valence-electron chi connectivity index (χ4n) is 2.99. The van der Waals surface area contributed by atoms with Crippen LogP contribution < -0.4 is 0 Å². The Morgan fingerprint density at radius 1 is 0.880 bits per heavy atom. The standard InChI is InChI=1S/C22H25.2ClH.Zr/c1-15(2)18-13-17-7-6-8-20(21(17)14-18)16-9-11-19(12-10-16)22(3,4)5;;;/h6-15H,1-5H3;2*1H;/q-1;;;. The molecule has 3 heteroatoms. The summed E-state index contributed by atoms with van der Waals surface area (Å²) in [4.78, 5) is 0. The second-order valence-corrected chi connectivity index (χ2v) is 7.58. The summed E-state index contributed by atoms with van der Waals surface area (Å²) < 4.78 is 0. The summed E-state index contributed by atoms with van der Waals surface area (Å²) in [6.45, 7) is 11.3. The van der Waals surface area contributed by atoms with Gasteiger partial charge in [-0.05, 0) is 22.5 Å². The van der Waals surface area contributed by atoms with Crippen molar-refractivity contribution in [3.8, 4) is 11.1 Å². The third-order valence-electron chi connectivity index (χ3n) is 4.50. The zero-order valence-electron chi connectivity index (χ0n) is 15.6. The van der Waals surface area contributed by atoms with Crippen LogP contribution in [0.15, 0.2) is 54.6 Å². The van der Waals surface area contributed by atoms with Gasteiger partial charge in [0.15, 0.2) is 0 Å². The average molecular weight is 454 g/mol. The smallest absolute Gasteiger partial charge is 0 e. The molecule has 0 amide bonds. The van der Waals surface area contributed by atoms with Crippen LogP contribution in [0.4, 0.5) is 0 Å². The van der Waals surface area contributed by atoms with E-state index in [1.165, 1.54) is 33.0 Å². The summed E-state index contributed by atoms with van der Waals surface area (Å²) in [6.07, 6.45) is 0. The zero-order chi connectivity index (χ0) is 15.9. The first-order chi connectivity index (χ1) is 10.4. The normalized spacial score (nSPS) is 10.8. The van der Waals surface area contributed by atoms with Crippen LogP contribution in [0.3, 0.4) is 0 Å². The number of hydrogen-bond acceptors (Lipinski definition) is 0. The predicted octanol–water partition coefficient (Wildman–Crippen LogP) is 7.49. The van der Waals surface area contributed by atoms with Crippen LogP contribution in [0.25, 0.3) is 21.9 Å². The van der Waals surface area contributed by atoms with Crippen molar-refractivity contribution < 1.29 is 26.2 Å². The molecule has 3 rings (SSSR count). The van der Waals surface area contributed by atoms with Crippen LogP contribution in [0, 0.1) is 0 Å². The average Bonchev–Trinajstić information content (AvgIpc) is 2.90. The summed E-state index contributed by atoms with van der Waals surface area (Å²) in [5.74, 6) is 0.573. The molecule has 25 heavy (non-hydrogen) atoms. The third-order valence-corrected chi connectivity index (χ3v) is 4.50. The molecule has 0 atom stereocenters. The minimum atomic E-state index is 0. The van der Waals surface area contributed by atoms with Gasteiger partial charge in [0.1, 0.15) is 0 Å². The summed E-state index contributed by atoms with van der Waals surface area (Å²) >= 11 is 0. The topological polar surface area (TPSA) is 0 Å². The predicted molar refractivity (Wildman–Crippen MR) is 112 cm³/mol. The maximum absolute atomic E-state index is 2.35. The van der Waals surface area contributed by atoms with E-state index in [0.717, 1.165) is 0 Å². The third kappa shape index (κ3) is 5.25. The van der Waals surface area contributed by atoms with Gasteiger partial charge in [-0.2, -0.15) is 6.07 Å². The largest absolute Gasteiger partial charge is 0.164 e. The van der Waals surface area contributed by atoms with Crippen LogP contribution in [0.2, 0.25) is 0 Å². The van der Waals surface area contributed by atoms with Gasteiger partial charge in [-0.15, -0.1) is 59.3 Å². The van der Waals surface area contributed by atoms with Gasteiger partial charge in [0.05, 0.1) is 0 Å². The quantitative estimate of drug-likeness (QED) is 0.353. The molecular formula is C22H27Cl2Zr-. The Bertz CT molecular complexity index is 793. The second-order valence-electron chi connectivity index (χ2n) is 7.58. The number of fused-ring (bicyclic) bond motifs is 1. The minimum absolute atomic E-state index is 0. The van der Waals surface area contributed by atoms with Gasteiger partial charge < -0.3 is 0 Å². The zero-order valence-corrected chi connectivity index (χ0v) is 19.7. The summed E-state index contributed by atoms with van der Waals surface area (Å²) in [7, 11) is 0. The van der Waals surface area contributed by atoms with E-state index in [1.807, 2.05) is 0 Å². The Morgan fingerprint density at radius 2 is 1.48 bits per heavy atom. The summed E-state index contributed by atoms with van der Waals surface area (Å²) in [5.41, 5.74) is 5.65. The van der Waals surface area contributed by atoms with Crippen molar-refractivity contribution in [2.45, 2.75) is 46.0 Å². The number of rotatable bonds is 2. The first kappa shape index (κ1) is 24.5. The van der Waals surface area contributed by atoms with Crippen LogP contribution >= 0.6 is 24.8 Å². The van der Waals surface area contributed by atoms with E-state index >= 15 is 0 Å². The molecule has 0 bridgehead atoms. The number of benzene rings is 2. The molecule has 134 valence electrons. The van der Waals surface area contributed by atoms with Gasteiger partial charge in [0.2, 0.25) is 0 Å². The molecular weight excluding hydrogens is 426 g/mol. The first-order valence-electron chi connectivity index (χ1n) is 8.16. The molecule has 0 spiro atoms. The Balaban J connectivity index is 0.00000192.